The van der Waals surface area contributed by atoms with Crippen molar-refractivity contribution in [2.24, 2.45) is 0 Å². The van der Waals surface area contributed by atoms with Gasteiger partial charge in [-0.15, -0.1) is 0 Å². The molecule has 0 radical (unpaired) electrons. The van der Waals surface area contributed by atoms with E-state index in [1.54, 1.807) is 0 Å². The third-order valence-corrected chi connectivity index (χ3v) is 4.13. The number of carbonyl (C=O) groups is 2. The maximum absolute atomic E-state index is 12.1. The molecular weight excluding hydrogens is 380 g/mol. The van der Waals surface area contributed by atoms with Crippen LogP contribution >= 0.6 is 0 Å². The van der Waals surface area contributed by atoms with Crippen LogP contribution in [0.1, 0.15) is 36.6 Å². The molecule has 1 N–H and O–H groups in total. The molecule has 2 aromatic rings. The maximum atomic E-state index is 12.1. The van der Waals surface area contributed by atoms with E-state index in [0.717, 1.165) is 18.1 Å². The van der Waals surface area contributed by atoms with Gasteiger partial charge in [0.2, 0.25) is 0 Å². The zero-order valence-electron chi connectivity index (χ0n) is 16.2. The molecular formula is C22H23F2NO4. The van der Waals surface area contributed by atoms with Crippen LogP contribution in [0.15, 0.2) is 54.6 Å². The summed E-state index contributed by atoms with van der Waals surface area (Å²) in [5, 5.41) is 2.77. The predicted octanol–water partition coefficient (Wildman–Crippen LogP) is 4.28. The molecule has 2 aromatic carbocycles. The molecule has 0 aromatic heterocycles. The first-order valence-corrected chi connectivity index (χ1v) is 9.15. The summed E-state index contributed by atoms with van der Waals surface area (Å²) in [5.41, 5.74) is 2.77. The molecule has 0 unspecified atom stereocenters. The molecule has 0 spiro atoms. The molecule has 0 fully saturated rings. The summed E-state index contributed by atoms with van der Waals surface area (Å²) in [5.74, 6) is -1.07. The Labute approximate surface area is 168 Å². The van der Waals surface area contributed by atoms with Gasteiger partial charge in [-0.3, -0.25) is 4.79 Å². The fraction of sp³-hybridized carbons (Fsp3) is 0.273. The van der Waals surface area contributed by atoms with Crippen molar-refractivity contribution in [3.8, 4) is 5.75 Å². The second-order valence-electron chi connectivity index (χ2n) is 6.27. The van der Waals surface area contributed by atoms with Crippen LogP contribution < -0.4 is 10.1 Å². The Bertz CT molecular complexity index is 833. The normalized spacial score (nSPS) is 12.0. The van der Waals surface area contributed by atoms with Crippen LogP contribution in [0.4, 0.5) is 8.78 Å². The van der Waals surface area contributed by atoms with E-state index in [-0.39, 0.29) is 11.8 Å². The van der Waals surface area contributed by atoms with Crippen molar-refractivity contribution in [3.05, 3.63) is 71.3 Å². The molecule has 154 valence electrons. The van der Waals surface area contributed by atoms with Crippen molar-refractivity contribution >= 4 is 18.0 Å². The van der Waals surface area contributed by atoms with E-state index in [1.807, 2.05) is 31.2 Å². The van der Waals surface area contributed by atoms with Gasteiger partial charge >= 0.3 is 12.6 Å². The van der Waals surface area contributed by atoms with E-state index >= 15 is 0 Å². The molecule has 1 amide bonds. The number of amides is 1. The quantitative estimate of drug-likeness (QED) is 0.501. The zero-order chi connectivity index (χ0) is 21.2. The first-order chi connectivity index (χ1) is 13.9. The summed E-state index contributed by atoms with van der Waals surface area (Å²) in [6.07, 6.45) is 3.55. The van der Waals surface area contributed by atoms with Gasteiger partial charge in [0.1, 0.15) is 5.75 Å². The molecule has 0 aliphatic heterocycles. The zero-order valence-corrected chi connectivity index (χ0v) is 16.2. The van der Waals surface area contributed by atoms with Gasteiger partial charge in [-0.25, -0.2) is 4.79 Å². The lowest BCUT2D eigenvalue weighted by Crippen LogP contribution is -2.30. The lowest BCUT2D eigenvalue weighted by atomic mass is 10.1. The molecule has 0 heterocycles. The van der Waals surface area contributed by atoms with Crippen LogP contribution in [0, 0.1) is 0 Å². The summed E-state index contributed by atoms with van der Waals surface area (Å²) in [6, 6.07) is 13.5. The lowest BCUT2D eigenvalue weighted by molar-refractivity contribution is -0.144. The first kappa shape index (κ1) is 22.1. The van der Waals surface area contributed by atoms with E-state index in [0.29, 0.717) is 5.56 Å². The number of ether oxygens (including phenoxy) is 2. The average Bonchev–Trinajstić information content (AvgIpc) is 2.71. The van der Waals surface area contributed by atoms with E-state index < -0.39 is 25.1 Å². The van der Waals surface area contributed by atoms with Gasteiger partial charge in [-0.05, 0) is 48.2 Å². The van der Waals surface area contributed by atoms with Crippen LogP contribution in [0.5, 0.6) is 5.75 Å². The molecule has 0 aliphatic rings. The Kier molecular flexibility index (Phi) is 8.33. The Morgan fingerprint density at radius 1 is 1.07 bits per heavy atom. The van der Waals surface area contributed by atoms with E-state index in [1.165, 1.54) is 35.9 Å². The third-order valence-electron chi connectivity index (χ3n) is 4.13. The fourth-order valence-electron chi connectivity index (χ4n) is 2.52. The highest BCUT2D eigenvalue weighted by molar-refractivity contribution is 5.89. The molecule has 29 heavy (non-hydrogen) atoms. The van der Waals surface area contributed by atoms with Crippen molar-refractivity contribution < 1.29 is 27.8 Å². The summed E-state index contributed by atoms with van der Waals surface area (Å²) >= 11 is 0. The van der Waals surface area contributed by atoms with Crippen molar-refractivity contribution in [1.82, 2.24) is 5.32 Å². The molecule has 7 heteroatoms. The van der Waals surface area contributed by atoms with Crippen molar-refractivity contribution in [1.29, 1.82) is 0 Å². The Balaban J connectivity index is 1.77. The van der Waals surface area contributed by atoms with Crippen molar-refractivity contribution in [2.75, 3.05) is 6.61 Å². The second-order valence-corrected chi connectivity index (χ2v) is 6.27. The minimum absolute atomic E-state index is 0.0230. The Morgan fingerprint density at radius 2 is 1.72 bits per heavy atom. The molecule has 0 saturated heterocycles. The first-order valence-electron chi connectivity index (χ1n) is 9.15. The summed E-state index contributed by atoms with van der Waals surface area (Å²) in [6.45, 7) is 0.625. The van der Waals surface area contributed by atoms with Crippen LogP contribution in [0.25, 0.3) is 6.08 Å². The number of esters is 1. The molecule has 0 aliphatic carbocycles. The molecule has 0 bridgehead atoms. The highest BCUT2D eigenvalue weighted by Crippen LogP contribution is 2.16. The van der Waals surface area contributed by atoms with Crippen molar-refractivity contribution in [2.45, 2.75) is 32.9 Å². The van der Waals surface area contributed by atoms with Gasteiger partial charge in [-0.1, -0.05) is 43.3 Å². The number of alkyl halides is 2. The standard InChI is InChI=1S/C22H23F2NO4/c1-3-16-4-9-18(10-5-16)15(2)25-20(26)14-28-21(27)13-8-17-6-11-19(12-7-17)29-22(23)24/h4-13,15,22H,3,14H2,1-2H3,(H,25,26)/b13-8+/t15-/m0/s1. The number of benzene rings is 2. The largest absolute Gasteiger partial charge is 0.452 e. The monoisotopic (exact) mass is 403 g/mol. The van der Waals surface area contributed by atoms with Gasteiger partial charge in [0, 0.05) is 6.08 Å². The summed E-state index contributed by atoms with van der Waals surface area (Å²) < 4.78 is 33.4. The van der Waals surface area contributed by atoms with Gasteiger partial charge in [0.05, 0.1) is 6.04 Å². The molecule has 1 atom stereocenters. The van der Waals surface area contributed by atoms with Gasteiger partial charge in [-0.2, -0.15) is 8.78 Å². The number of carbonyl (C=O) groups excluding carboxylic acids is 2. The Hall–Kier alpha value is -3.22. The number of aryl methyl sites for hydroxylation is 1. The van der Waals surface area contributed by atoms with E-state index in [2.05, 4.69) is 17.0 Å². The lowest BCUT2D eigenvalue weighted by Gasteiger charge is -2.14. The third kappa shape index (κ3) is 7.73. The summed E-state index contributed by atoms with van der Waals surface area (Å²) in [7, 11) is 0. The average molecular weight is 403 g/mol. The summed E-state index contributed by atoms with van der Waals surface area (Å²) in [4.78, 5) is 23.7. The van der Waals surface area contributed by atoms with Crippen LogP contribution in [-0.4, -0.2) is 25.1 Å². The number of hydrogen-bond donors (Lipinski definition) is 1. The highest BCUT2D eigenvalue weighted by atomic mass is 19.3. The number of hydrogen-bond acceptors (Lipinski definition) is 4. The van der Waals surface area contributed by atoms with Crippen molar-refractivity contribution in [3.63, 3.8) is 0 Å². The number of halogens is 2. The smallest absolute Gasteiger partial charge is 0.387 e. The van der Waals surface area contributed by atoms with Crippen LogP contribution in [-0.2, 0) is 20.7 Å². The fourth-order valence-corrected chi connectivity index (χ4v) is 2.52. The molecule has 0 saturated carbocycles. The highest BCUT2D eigenvalue weighted by Gasteiger charge is 2.11. The Morgan fingerprint density at radius 3 is 2.31 bits per heavy atom. The van der Waals surface area contributed by atoms with Gasteiger partial charge < -0.3 is 14.8 Å². The topological polar surface area (TPSA) is 64.6 Å². The van der Waals surface area contributed by atoms with E-state index in [9.17, 15) is 18.4 Å². The second kappa shape index (κ2) is 10.9. The molecule has 2 rings (SSSR count). The van der Waals surface area contributed by atoms with E-state index in [4.69, 9.17) is 4.74 Å². The molecule has 5 nitrogen and oxygen atoms in total. The number of rotatable bonds is 9. The van der Waals surface area contributed by atoms with Gasteiger partial charge in [0.25, 0.3) is 5.91 Å². The number of nitrogens with one attached hydrogen (secondary N) is 1. The predicted molar refractivity (Wildman–Crippen MR) is 105 cm³/mol. The van der Waals surface area contributed by atoms with Crippen LogP contribution in [0.3, 0.4) is 0 Å². The van der Waals surface area contributed by atoms with Crippen LogP contribution in [0.2, 0.25) is 0 Å². The SMILES string of the molecule is CCc1ccc([C@H](C)NC(=O)COC(=O)/C=C/c2ccc(OC(F)F)cc2)cc1. The minimum Gasteiger partial charge on any atom is -0.452 e. The minimum atomic E-state index is -2.89. The van der Waals surface area contributed by atoms with Gasteiger partial charge in [0.15, 0.2) is 6.61 Å². The maximum Gasteiger partial charge on any atom is 0.387 e.